The summed E-state index contributed by atoms with van der Waals surface area (Å²) in [4.78, 5) is 126. The molecule has 21 N–H and O–H groups in total. The van der Waals surface area contributed by atoms with Gasteiger partial charge in [-0.3, -0.25) is 43.3 Å². The number of carboxylic acids is 1. The lowest BCUT2D eigenvalue weighted by Crippen LogP contribution is -2.61. The van der Waals surface area contributed by atoms with Crippen molar-refractivity contribution in [2.75, 3.05) is 25.4 Å². The van der Waals surface area contributed by atoms with Crippen molar-refractivity contribution < 1.29 is 53.4 Å². The SMILES string of the molecule is CC(C)C[C@H](NC(=O)[C@H](CCCCN)NC(=O)[C@H](Cc1ccccc1)NC(=O)[C@H](Cc1ccc(O)cc1)NC(=O)[C@H](CCCN=C(N)N)NC(=O)[C@H](CCCCN)NC(=O)[C@H](CC(N)=O)NC(=O)[C@@H](N)CS)C(=O)O. The molecule has 2 aromatic carbocycles. The lowest BCUT2D eigenvalue weighted by molar-refractivity contribution is -0.143. The van der Waals surface area contributed by atoms with Crippen molar-refractivity contribution in [2.24, 2.45) is 45.3 Å². The maximum Gasteiger partial charge on any atom is 0.326 e. The van der Waals surface area contributed by atoms with Gasteiger partial charge in [-0.25, -0.2) is 4.79 Å². The number of thiol groups is 1. The van der Waals surface area contributed by atoms with E-state index in [9.17, 15) is 53.4 Å². The summed E-state index contributed by atoms with van der Waals surface area (Å²) in [6, 6.07) is 3.49. The Labute approximate surface area is 442 Å². The summed E-state index contributed by atoms with van der Waals surface area (Å²) in [5.74, 6) is -8.71. The van der Waals surface area contributed by atoms with Gasteiger partial charge in [0.2, 0.25) is 47.3 Å². The van der Waals surface area contributed by atoms with E-state index < -0.39 is 108 Å². The van der Waals surface area contributed by atoms with Crippen LogP contribution in [0.3, 0.4) is 0 Å². The highest BCUT2D eigenvalue weighted by atomic mass is 32.1. The molecular weight excluding hydrogens is 993 g/mol. The second-order valence-electron chi connectivity index (χ2n) is 18.4. The minimum atomic E-state index is -1.55. The summed E-state index contributed by atoms with van der Waals surface area (Å²) in [5, 5.41) is 38.1. The number of hydrogen-bond donors (Lipinski definition) is 16. The third kappa shape index (κ3) is 25.2. The van der Waals surface area contributed by atoms with Gasteiger partial charge in [-0.15, -0.1) is 0 Å². The van der Waals surface area contributed by atoms with Crippen molar-refractivity contribution in [3.63, 3.8) is 0 Å². The van der Waals surface area contributed by atoms with Crippen LogP contribution in [0, 0.1) is 5.92 Å². The molecule has 416 valence electrons. The van der Waals surface area contributed by atoms with E-state index in [2.05, 4.69) is 54.8 Å². The zero-order valence-electron chi connectivity index (χ0n) is 42.6. The normalized spacial score (nSPS) is 14.2. The molecule has 75 heavy (non-hydrogen) atoms. The molecule has 0 saturated carbocycles. The first-order valence-corrected chi connectivity index (χ1v) is 25.5. The Kier molecular flexibility index (Phi) is 29.4. The molecule has 0 aliphatic rings. The van der Waals surface area contributed by atoms with Crippen LogP contribution in [0.25, 0.3) is 0 Å². The first kappa shape index (κ1) is 64.1. The number of rotatable bonds is 36. The molecule has 0 radical (unpaired) electrons. The molecule has 26 heteroatoms. The Balaban J connectivity index is 2.62. The van der Waals surface area contributed by atoms with E-state index in [1.807, 2.05) is 0 Å². The summed E-state index contributed by atoms with van der Waals surface area (Å²) in [6.45, 7) is 4.12. The highest BCUT2D eigenvalue weighted by Gasteiger charge is 2.35. The highest BCUT2D eigenvalue weighted by molar-refractivity contribution is 7.80. The molecular formula is C49H78N14O11S. The highest BCUT2D eigenvalue weighted by Crippen LogP contribution is 2.15. The predicted octanol–water partition coefficient (Wildman–Crippen LogP) is -2.85. The third-order valence-corrected chi connectivity index (χ3v) is 11.9. The zero-order valence-corrected chi connectivity index (χ0v) is 43.5. The van der Waals surface area contributed by atoms with E-state index in [1.165, 1.54) is 24.3 Å². The number of amides is 8. The van der Waals surface area contributed by atoms with Crippen molar-refractivity contribution in [1.29, 1.82) is 0 Å². The number of benzene rings is 2. The number of phenolic OH excluding ortho intramolecular Hbond substituents is 1. The number of aromatic hydroxyl groups is 1. The fourth-order valence-electron chi connectivity index (χ4n) is 7.53. The Bertz CT molecular complexity index is 2200. The number of unbranched alkanes of at least 4 members (excludes halogenated alkanes) is 2. The first-order chi connectivity index (χ1) is 35.6. The number of nitrogens with two attached hydrogens (primary N) is 6. The molecule has 2 aromatic rings. The van der Waals surface area contributed by atoms with Gasteiger partial charge in [0, 0.05) is 25.1 Å². The summed E-state index contributed by atoms with van der Waals surface area (Å²) in [6.07, 6.45) is 0.784. The van der Waals surface area contributed by atoms with Crippen LogP contribution in [0.1, 0.15) is 89.2 Å². The van der Waals surface area contributed by atoms with Crippen LogP contribution in [-0.4, -0.2) is 143 Å². The monoisotopic (exact) mass is 1070 g/mol. The molecule has 0 unspecified atom stereocenters. The fraction of sp³-hybridized carbons (Fsp3) is 0.551. The maximum atomic E-state index is 14.7. The summed E-state index contributed by atoms with van der Waals surface area (Å²) in [7, 11) is 0. The molecule has 0 spiro atoms. The van der Waals surface area contributed by atoms with Gasteiger partial charge in [-0.1, -0.05) is 56.3 Å². The number of carbonyl (C=O) groups is 9. The number of nitrogens with zero attached hydrogens (tertiary/aromatic N) is 1. The Morgan fingerprint density at radius 2 is 0.947 bits per heavy atom. The zero-order chi connectivity index (χ0) is 56.0. The maximum absolute atomic E-state index is 14.7. The van der Waals surface area contributed by atoms with Crippen LogP contribution in [-0.2, 0) is 56.0 Å². The minimum absolute atomic E-state index is 0.00912. The number of aliphatic carboxylic acids is 1. The van der Waals surface area contributed by atoms with Gasteiger partial charge >= 0.3 is 5.97 Å². The molecule has 0 heterocycles. The second-order valence-corrected chi connectivity index (χ2v) is 18.8. The molecule has 25 nitrogen and oxygen atoms in total. The topological polar surface area (TPSA) is 447 Å². The molecule has 2 rings (SSSR count). The van der Waals surface area contributed by atoms with E-state index in [0.29, 0.717) is 36.8 Å². The van der Waals surface area contributed by atoms with Gasteiger partial charge in [-0.05, 0) is 100 Å². The summed E-state index contributed by atoms with van der Waals surface area (Å²) in [5.41, 5.74) is 34.7. The van der Waals surface area contributed by atoms with Gasteiger partial charge < -0.3 is 81.8 Å². The molecule has 0 bridgehead atoms. The van der Waals surface area contributed by atoms with Crippen LogP contribution in [0.2, 0.25) is 0 Å². The summed E-state index contributed by atoms with van der Waals surface area (Å²) >= 11 is 4.00. The van der Waals surface area contributed by atoms with Crippen molar-refractivity contribution in [3.05, 3.63) is 65.7 Å². The van der Waals surface area contributed by atoms with Crippen molar-refractivity contribution in [2.45, 2.75) is 139 Å². The Hall–Kier alpha value is -7.03. The Morgan fingerprint density at radius 3 is 1.36 bits per heavy atom. The molecule has 0 aliphatic carbocycles. The predicted molar refractivity (Wildman–Crippen MR) is 284 cm³/mol. The second kappa shape index (κ2) is 34.5. The van der Waals surface area contributed by atoms with Crippen LogP contribution >= 0.6 is 12.6 Å². The van der Waals surface area contributed by atoms with Gasteiger partial charge in [0.25, 0.3) is 0 Å². The van der Waals surface area contributed by atoms with E-state index in [0.717, 1.165) is 0 Å². The summed E-state index contributed by atoms with van der Waals surface area (Å²) < 4.78 is 0. The number of aliphatic imine (C=N–C) groups is 1. The van der Waals surface area contributed by atoms with Gasteiger partial charge in [0.1, 0.15) is 48.0 Å². The molecule has 0 aromatic heterocycles. The molecule has 0 fully saturated rings. The van der Waals surface area contributed by atoms with Gasteiger partial charge in [0.15, 0.2) is 5.96 Å². The number of primary amides is 1. The number of hydrogen-bond acceptors (Lipinski definition) is 15. The van der Waals surface area contributed by atoms with Crippen molar-refractivity contribution >= 4 is 71.8 Å². The fourth-order valence-corrected chi connectivity index (χ4v) is 7.70. The quantitative estimate of drug-likeness (QED) is 0.0141. The Morgan fingerprint density at radius 1 is 0.547 bits per heavy atom. The third-order valence-electron chi connectivity index (χ3n) is 11.6. The van der Waals surface area contributed by atoms with E-state index in [-0.39, 0.29) is 88.0 Å². The first-order valence-electron chi connectivity index (χ1n) is 24.9. The number of carbonyl (C=O) groups excluding carboxylic acids is 8. The number of carboxylic acid groups (broad SMARTS) is 1. The average molecular weight is 1070 g/mol. The molecule has 8 atom stereocenters. The number of guanidine groups is 1. The van der Waals surface area contributed by atoms with E-state index in [4.69, 9.17) is 34.4 Å². The number of nitrogens with one attached hydrogen (secondary N) is 7. The smallest absolute Gasteiger partial charge is 0.326 e. The lowest BCUT2D eigenvalue weighted by Gasteiger charge is -2.28. The largest absolute Gasteiger partial charge is 0.508 e. The van der Waals surface area contributed by atoms with E-state index >= 15 is 0 Å². The standard InChI is InChI=1S/C49H78N14O11S/c1-28(2)23-39(48(73)74)63-44(69)34(14-7-9-21-51)58-45(70)36(24-29-11-4-3-5-12-29)62-46(71)37(25-30-16-18-31(64)19-17-30)61-43(68)35(15-10-22-56-49(54)55)57-42(67)33(13-6-8-20-50)59-47(72)38(26-40(53)65)60-41(66)32(52)27-75/h3-5,11-12,16-19,28,32-39,64,75H,6-10,13-15,20-27,50-52H2,1-2H3,(H2,53,65)(H,57,67)(H,58,70)(H,59,72)(H,60,66)(H,61,68)(H,62,71)(H,63,69)(H,73,74)(H4,54,55,56)/t32-,33-,34-,35-,36-,37-,38-,39-/m0/s1. The molecule has 0 saturated heterocycles. The van der Waals surface area contributed by atoms with Gasteiger partial charge in [0.05, 0.1) is 12.5 Å². The minimum Gasteiger partial charge on any atom is -0.508 e. The van der Waals surface area contributed by atoms with Crippen LogP contribution in [0.15, 0.2) is 59.6 Å². The molecule has 8 amide bonds. The average Bonchev–Trinajstić information content (AvgIpc) is 3.35. The lowest BCUT2D eigenvalue weighted by atomic mass is 10.0. The van der Waals surface area contributed by atoms with Crippen LogP contribution < -0.4 is 71.6 Å². The van der Waals surface area contributed by atoms with E-state index in [1.54, 1.807) is 44.2 Å². The van der Waals surface area contributed by atoms with Crippen LogP contribution in [0.4, 0.5) is 0 Å². The molecule has 0 aliphatic heterocycles. The van der Waals surface area contributed by atoms with Crippen LogP contribution in [0.5, 0.6) is 5.75 Å². The number of phenols is 1. The van der Waals surface area contributed by atoms with Crippen molar-refractivity contribution in [3.8, 4) is 5.75 Å². The van der Waals surface area contributed by atoms with Crippen molar-refractivity contribution in [1.82, 2.24) is 37.2 Å². The van der Waals surface area contributed by atoms with Gasteiger partial charge in [-0.2, -0.15) is 12.6 Å².